The number of amides is 1. The van der Waals surface area contributed by atoms with Gasteiger partial charge in [0, 0.05) is 11.7 Å². The number of anilines is 1. The molecule has 5 heteroatoms. The molecule has 0 radical (unpaired) electrons. The van der Waals surface area contributed by atoms with Crippen LogP contribution in [0.15, 0.2) is 42.5 Å². The molecule has 5 nitrogen and oxygen atoms in total. The van der Waals surface area contributed by atoms with Gasteiger partial charge in [0.1, 0.15) is 0 Å². The summed E-state index contributed by atoms with van der Waals surface area (Å²) in [6.07, 6.45) is 2.67. The number of benzene rings is 2. The highest BCUT2D eigenvalue weighted by molar-refractivity contribution is 5.81. The lowest BCUT2D eigenvalue weighted by atomic mass is 9.88. The summed E-state index contributed by atoms with van der Waals surface area (Å²) in [6.45, 7) is 0.277. The van der Waals surface area contributed by atoms with Crippen LogP contribution in [-0.2, 0) is 17.6 Å². The number of hydrogen-bond acceptors (Lipinski definition) is 4. The van der Waals surface area contributed by atoms with E-state index in [2.05, 4.69) is 10.6 Å². The van der Waals surface area contributed by atoms with Gasteiger partial charge < -0.3 is 20.1 Å². The number of para-hydroxylation sites is 1. The van der Waals surface area contributed by atoms with E-state index in [0.717, 1.165) is 36.4 Å². The second-order valence-electron chi connectivity index (χ2n) is 6.20. The van der Waals surface area contributed by atoms with E-state index < -0.39 is 0 Å². The fourth-order valence-electron chi connectivity index (χ4n) is 3.22. The van der Waals surface area contributed by atoms with Crippen molar-refractivity contribution in [1.82, 2.24) is 5.32 Å². The molecule has 0 bridgehead atoms. The Labute approximate surface area is 148 Å². The number of carbonyl (C=O) groups excluding carboxylic acids is 1. The highest BCUT2D eigenvalue weighted by atomic mass is 16.5. The number of nitrogens with one attached hydrogen (secondary N) is 2. The van der Waals surface area contributed by atoms with Crippen LogP contribution in [0.25, 0.3) is 0 Å². The van der Waals surface area contributed by atoms with Crippen molar-refractivity contribution in [3.8, 4) is 11.5 Å². The van der Waals surface area contributed by atoms with E-state index in [1.807, 2.05) is 42.5 Å². The summed E-state index contributed by atoms with van der Waals surface area (Å²) in [5.74, 6) is 1.51. The third-order valence-corrected chi connectivity index (χ3v) is 4.53. The molecule has 0 heterocycles. The highest BCUT2D eigenvalue weighted by Crippen LogP contribution is 2.34. The van der Waals surface area contributed by atoms with E-state index in [1.165, 1.54) is 11.1 Å². The Hall–Kier alpha value is -2.69. The Morgan fingerprint density at radius 3 is 2.44 bits per heavy atom. The van der Waals surface area contributed by atoms with E-state index in [0.29, 0.717) is 0 Å². The number of ether oxygens (including phenoxy) is 2. The van der Waals surface area contributed by atoms with Crippen molar-refractivity contribution in [3.63, 3.8) is 0 Å². The molecule has 25 heavy (non-hydrogen) atoms. The summed E-state index contributed by atoms with van der Waals surface area (Å²) in [7, 11) is 3.29. The molecule has 1 unspecified atom stereocenters. The number of hydrogen-bond donors (Lipinski definition) is 2. The third-order valence-electron chi connectivity index (χ3n) is 4.53. The van der Waals surface area contributed by atoms with Crippen molar-refractivity contribution in [2.75, 3.05) is 26.1 Å². The molecule has 0 aliphatic heterocycles. The van der Waals surface area contributed by atoms with Gasteiger partial charge in [-0.2, -0.15) is 0 Å². The van der Waals surface area contributed by atoms with Gasteiger partial charge in [-0.15, -0.1) is 0 Å². The van der Waals surface area contributed by atoms with Crippen molar-refractivity contribution in [2.24, 2.45) is 0 Å². The molecule has 132 valence electrons. The molecule has 3 rings (SSSR count). The molecule has 0 saturated heterocycles. The molecule has 0 spiro atoms. The maximum atomic E-state index is 12.2. The Kier molecular flexibility index (Phi) is 5.43. The monoisotopic (exact) mass is 340 g/mol. The van der Waals surface area contributed by atoms with Crippen LogP contribution < -0.4 is 20.1 Å². The average Bonchev–Trinajstić information content (AvgIpc) is 2.66. The first-order chi connectivity index (χ1) is 12.2. The maximum Gasteiger partial charge on any atom is 0.239 e. The van der Waals surface area contributed by atoms with Crippen LogP contribution in [0.1, 0.15) is 17.5 Å². The van der Waals surface area contributed by atoms with Crippen molar-refractivity contribution < 1.29 is 14.3 Å². The molecule has 0 aromatic heterocycles. The van der Waals surface area contributed by atoms with E-state index in [1.54, 1.807) is 14.2 Å². The smallest absolute Gasteiger partial charge is 0.239 e. The van der Waals surface area contributed by atoms with E-state index >= 15 is 0 Å². The van der Waals surface area contributed by atoms with Crippen LogP contribution in [0.3, 0.4) is 0 Å². The quantitative estimate of drug-likeness (QED) is 0.849. The Morgan fingerprint density at radius 1 is 1.08 bits per heavy atom. The lowest BCUT2D eigenvalue weighted by Crippen LogP contribution is -2.41. The summed E-state index contributed by atoms with van der Waals surface area (Å²) in [5.41, 5.74) is 3.43. The molecule has 2 N–H and O–H groups in total. The van der Waals surface area contributed by atoms with Gasteiger partial charge in [-0.1, -0.05) is 18.2 Å². The first-order valence-corrected chi connectivity index (χ1v) is 8.51. The summed E-state index contributed by atoms with van der Waals surface area (Å²) >= 11 is 0. The zero-order chi connectivity index (χ0) is 17.6. The fourth-order valence-corrected chi connectivity index (χ4v) is 3.22. The van der Waals surface area contributed by atoms with Gasteiger partial charge in [-0.25, -0.2) is 0 Å². The first-order valence-electron chi connectivity index (χ1n) is 8.51. The minimum absolute atomic E-state index is 0.0118. The predicted molar refractivity (Wildman–Crippen MR) is 98.4 cm³/mol. The van der Waals surface area contributed by atoms with E-state index in [-0.39, 0.29) is 18.5 Å². The standard InChI is InChI=1S/C20H24N2O3/c1-24-18-11-14-8-9-17(10-15(14)12-19(18)25-2)22-20(23)13-21-16-6-4-3-5-7-16/h3-7,11-12,17,21H,8-10,13H2,1-2H3,(H,22,23). The van der Waals surface area contributed by atoms with Gasteiger partial charge in [-0.05, 0) is 54.7 Å². The first kappa shape index (κ1) is 17.1. The summed E-state index contributed by atoms with van der Waals surface area (Å²) < 4.78 is 10.7. The molecule has 1 aliphatic carbocycles. The van der Waals surface area contributed by atoms with Crippen molar-refractivity contribution in [1.29, 1.82) is 0 Å². The predicted octanol–water partition coefficient (Wildman–Crippen LogP) is 2.79. The zero-order valence-electron chi connectivity index (χ0n) is 14.7. The number of carbonyl (C=O) groups is 1. The molecule has 2 aromatic rings. The molecule has 0 fully saturated rings. The molecule has 0 saturated carbocycles. The van der Waals surface area contributed by atoms with E-state index in [9.17, 15) is 4.79 Å². The lowest BCUT2D eigenvalue weighted by Gasteiger charge is -2.26. The SMILES string of the molecule is COc1cc2c(cc1OC)CC(NC(=O)CNc1ccccc1)CC2. The second kappa shape index (κ2) is 7.92. The van der Waals surface area contributed by atoms with Crippen LogP contribution in [-0.4, -0.2) is 32.7 Å². The summed E-state index contributed by atoms with van der Waals surface area (Å²) in [5, 5.41) is 6.26. The van der Waals surface area contributed by atoms with Crippen molar-refractivity contribution in [2.45, 2.75) is 25.3 Å². The van der Waals surface area contributed by atoms with Crippen molar-refractivity contribution >= 4 is 11.6 Å². The van der Waals surface area contributed by atoms with Crippen LogP contribution in [0.2, 0.25) is 0 Å². The summed E-state index contributed by atoms with van der Waals surface area (Å²) in [6, 6.07) is 14.0. The number of methoxy groups -OCH3 is 2. The summed E-state index contributed by atoms with van der Waals surface area (Å²) in [4.78, 5) is 12.2. The van der Waals surface area contributed by atoms with Crippen LogP contribution >= 0.6 is 0 Å². The van der Waals surface area contributed by atoms with Crippen LogP contribution in [0.4, 0.5) is 5.69 Å². The van der Waals surface area contributed by atoms with Gasteiger partial charge in [-0.3, -0.25) is 4.79 Å². The van der Waals surface area contributed by atoms with Crippen molar-refractivity contribution in [3.05, 3.63) is 53.6 Å². The Morgan fingerprint density at radius 2 is 1.76 bits per heavy atom. The van der Waals surface area contributed by atoms with Crippen LogP contribution in [0.5, 0.6) is 11.5 Å². The maximum absolute atomic E-state index is 12.2. The highest BCUT2D eigenvalue weighted by Gasteiger charge is 2.22. The second-order valence-corrected chi connectivity index (χ2v) is 6.20. The minimum atomic E-state index is 0.0118. The molecular formula is C20H24N2O3. The molecule has 2 aromatic carbocycles. The molecule has 1 atom stereocenters. The third kappa shape index (κ3) is 4.24. The van der Waals surface area contributed by atoms with Gasteiger partial charge in [0.15, 0.2) is 11.5 Å². The largest absolute Gasteiger partial charge is 0.493 e. The molecule has 1 amide bonds. The number of aryl methyl sites for hydroxylation is 1. The normalized spacial score (nSPS) is 15.8. The Bertz CT molecular complexity index is 731. The van der Waals surface area contributed by atoms with Gasteiger partial charge in [0.25, 0.3) is 0 Å². The van der Waals surface area contributed by atoms with Gasteiger partial charge in [0.2, 0.25) is 5.91 Å². The van der Waals surface area contributed by atoms with E-state index in [4.69, 9.17) is 9.47 Å². The van der Waals surface area contributed by atoms with Gasteiger partial charge in [0.05, 0.1) is 20.8 Å². The number of rotatable bonds is 6. The fraction of sp³-hybridized carbons (Fsp3) is 0.350. The Balaban J connectivity index is 1.58. The average molecular weight is 340 g/mol. The topological polar surface area (TPSA) is 59.6 Å². The van der Waals surface area contributed by atoms with Gasteiger partial charge >= 0.3 is 0 Å². The minimum Gasteiger partial charge on any atom is -0.493 e. The number of fused-ring (bicyclic) bond motifs is 1. The zero-order valence-corrected chi connectivity index (χ0v) is 14.7. The molecular weight excluding hydrogens is 316 g/mol. The molecule has 1 aliphatic rings. The lowest BCUT2D eigenvalue weighted by molar-refractivity contribution is -0.120. The van der Waals surface area contributed by atoms with Crippen LogP contribution in [0, 0.1) is 0 Å².